The zero-order valence-electron chi connectivity index (χ0n) is 31.4. The lowest BCUT2D eigenvalue weighted by Crippen LogP contribution is -2.39. The minimum Gasteiger partial charge on any atom is -0.396 e. The van der Waals surface area contributed by atoms with Crippen LogP contribution in [0.4, 0.5) is 0 Å². The highest BCUT2D eigenvalue weighted by Gasteiger charge is 2.17. The topological polar surface area (TPSA) is 70.0 Å². The first-order valence-corrected chi connectivity index (χ1v) is 20.8. The van der Waals surface area contributed by atoms with Gasteiger partial charge < -0.3 is 19.8 Å². The molecule has 5 nitrogen and oxygen atoms in total. The molecule has 1 amide bonds. The number of hydrogen-bond donors (Lipinski definition) is 2. The van der Waals surface area contributed by atoms with E-state index < -0.39 is 6.10 Å². The summed E-state index contributed by atoms with van der Waals surface area (Å²) in [4.78, 5) is 14.9. The predicted molar refractivity (Wildman–Crippen MR) is 200 cm³/mol. The van der Waals surface area contributed by atoms with E-state index in [1.54, 1.807) is 0 Å². The smallest absolute Gasteiger partial charge is 0.222 e. The molecule has 2 N–H and O–H groups in total. The molecule has 0 radical (unpaired) electrons. The van der Waals surface area contributed by atoms with Crippen LogP contribution in [0.2, 0.25) is 0 Å². The summed E-state index contributed by atoms with van der Waals surface area (Å²) in [5, 5.41) is 19.7. The van der Waals surface area contributed by atoms with Gasteiger partial charge in [-0.1, -0.05) is 187 Å². The minimum atomic E-state index is -0.625. The lowest BCUT2D eigenvalue weighted by molar-refractivity contribution is -0.133. The average Bonchev–Trinajstić information content (AvgIpc) is 3.05. The number of aliphatic hydroxyl groups excluding tert-OH is 2. The van der Waals surface area contributed by atoms with Crippen LogP contribution in [0.3, 0.4) is 0 Å². The summed E-state index contributed by atoms with van der Waals surface area (Å²) in [7, 11) is 0. The van der Waals surface area contributed by atoms with E-state index in [-0.39, 0.29) is 12.5 Å². The van der Waals surface area contributed by atoms with Crippen molar-refractivity contribution in [2.45, 2.75) is 225 Å². The summed E-state index contributed by atoms with van der Waals surface area (Å²) >= 11 is 0. The molecule has 0 aliphatic rings. The van der Waals surface area contributed by atoms with Gasteiger partial charge >= 0.3 is 0 Å². The van der Waals surface area contributed by atoms with Crippen molar-refractivity contribution >= 4 is 5.91 Å². The van der Waals surface area contributed by atoms with E-state index in [0.29, 0.717) is 32.7 Å². The van der Waals surface area contributed by atoms with Gasteiger partial charge in [0.05, 0.1) is 12.7 Å². The van der Waals surface area contributed by atoms with Crippen LogP contribution in [0.25, 0.3) is 0 Å². The van der Waals surface area contributed by atoms with Gasteiger partial charge in [0.1, 0.15) is 0 Å². The summed E-state index contributed by atoms with van der Waals surface area (Å²) in [5.41, 5.74) is 0. The van der Waals surface area contributed by atoms with Crippen LogP contribution in [-0.2, 0) is 9.53 Å². The molecule has 0 saturated heterocycles. The van der Waals surface area contributed by atoms with Gasteiger partial charge in [-0.3, -0.25) is 4.79 Å². The first kappa shape index (κ1) is 45.3. The third-order valence-electron chi connectivity index (χ3n) is 9.57. The Morgan fingerprint density at radius 3 is 1.33 bits per heavy atom. The molecule has 0 saturated carbocycles. The van der Waals surface area contributed by atoms with Crippen LogP contribution in [-0.4, -0.2) is 60.0 Å². The van der Waals surface area contributed by atoms with E-state index in [9.17, 15) is 9.90 Å². The number of amides is 1. The number of nitrogens with zero attached hydrogens (tertiary/aromatic N) is 1. The van der Waals surface area contributed by atoms with Crippen LogP contribution in [0, 0.1) is 0 Å². The summed E-state index contributed by atoms with van der Waals surface area (Å²) in [6.07, 6.45) is 39.5. The molecule has 1 unspecified atom stereocenters. The molecule has 46 heavy (non-hydrogen) atoms. The van der Waals surface area contributed by atoms with E-state index in [2.05, 4.69) is 13.8 Å². The molecule has 0 heterocycles. The quantitative estimate of drug-likeness (QED) is 0.0648. The van der Waals surface area contributed by atoms with Gasteiger partial charge in [0.2, 0.25) is 5.91 Å². The SMILES string of the molecule is CCCCCCCCCCCCCCCCOCC(O)CN(CCCCCCO)C(=O)CCCCCCCCCCCCCCC. The van der Waals surface area contributed by atoms with Crippen molar-refractivity contribution in [1.82, 2.24) is 4.90 Å². The highest BCUT2D eigenvalue weighted by Crippen LogP contribution is 2.15. The maximum Gasteiger partial charge on any atom is 0.222 e. The van der Waals surface area contributed by atoms with Crippen LogP contribution < -0.4 is 0 Å². The third-order valence-corrected chi connectivity index (χ3v) is 9.57. The number of ether oxygens (including phenoxy) is 1. The zero-order chi connectivity index (χ0) is 33.6. The van der Waals surface area contributed by atoms with Crippen molar-refractivity contribution in [1.29, 1.82) is 0 Å². The van der Waals surface area contributed by atoms with Gasteiger partial charge in [-0.2, -0.15) is 0 Å². The largest absolute Gasteiger partial charge is 0.396 e. The van der Waals surface area contributed by atoms with Gasteiger partial charge in [0, 0.05) is 32.7 Å². The Balaban J connectivity index is 3.93. The summed E-state index contributed by atoms with van der Waals surface area (Å²) in [6.45, 7) is 6.86. The number of unbranched alkanes of at least 4 members (excludes halogenated alkanes) is 28. The van der Waals surface area contributed by atoms with E-state index in [4.69, 9.17) is 9.84 Å². The average molecular weight is 654 g/mol. The van der Waals surface area contributed by atoms with Crippen molar-refractivity contribution < 1.29 is 19.7 Å². The fourth-order valence-corrected chi connectivity index (χ4v) is 6.46. The second-order valence-corrected chi connectivity index (χ2v) is 14.3. The Bertz CT molecular complexity index is 587. The van der Waals surface area contributed by atoms with Crippen molar-refractivity contribution in [2.24, 2.45) is 0 Å². The molecule has 0 aromatic carbocycles. The van der Waals surface area contributed by atoms with E-state index >= 15 is 0 Å². The molecule has 0 aliphatic carbocycles. The zero-order valence-corrected chi connectivity index (χ0v) is 31.4. The Morgan fingerprint density at radius 1 is 0.522 bits per heavy atom. The third kappa shape index (κ3) is 34.7. The highest BCUT2D eigenvalue weighted by molar-refractivity contribution is 5.76. The van der Waals surface area contributed by atoms with Crippen LogP contribution in [0.15, 0.2) is 0 Å². The number of aliphatic hydroxyl groups is 2. The molecule has 1 atom stereocenters. The molecular formula is C41H83NO4. The second-order valence-electron chi connectivity index (χ2n) is 14.3. The molecule has 0 aromatic rings. The highest BCUT2D eigenvalue weighted by atomic mass is 16.5. The van der Waals surface area contributed by atoms with E-state index in [1.165, 1.54) is 154 Å². The van der Waals surface area contributed by atoms with Crippen molar-refractivity contribution in [3.8, 4) is 0 Å². The molecule has 0 fully saturated rings. The van der Waals surface area contributed by atoms with Gasteiger partial charge in [-0.25, -0.2) is 0 Å². The first-order chi connectivity index (χ1) is 22.7. The number of carbonyl (C=O) groups excluding carboxylic acids is 1. The standard InChI is InChI=1S/C41H83NO4/c1-3-5-7-9-11-13-15-17-19-21-23-25-29-33-37-46-39-40(44)38-42(35-31-27-28-32-36-43)41(45)34-30-26-24-22-20-18-16-14-12-10-8-6-4-2/h40,43-44H,3-39H2,1-2H3. The Hall–Kier alpha value is -0.650. The maximum atomic E-state index is 13.1. The van der Waals surface area contributed by atoms with Crippen LogP contribution in [0.5, 0.6) is 0 Å². The van der Waals surface area contributed by atoms with E-state index in [0.717, 1.165) is 44.9 Å². The Morgan fingerprint density at radius 2 is 0.891 bits per heavy atom. The minimum absolute atomic E-state index is 0.177. The number of hydrogen-bond acceptors (Lipinski definition) is 4. The van der Waals surface area contributed by atoms with E-state index in [1.807, 2.05) is 4.90 Å². The maximum absolute atomic E-state index is 13.1. The Labute approximate surface area is 288 Å². The molecule has 0 bridgehead atoms. The number of rotatable bonds is 39. The van der Waals surface area contributed by atoms with Crippen molar-refractivity contribution in [3.63, 3.8) is 0 Å². The Kier molecular flexibility index (Phi) is 38.2. The molecule has 276 valence electrons. The fraction of sp³-hybridized carbons (Fsp3) is 0.976. The fourth-order valence-electron chi connectivity index (χ4n) is 6.46. The lowest BCUT2D eigenvalue weighted by Gasteiger charge is -2.25. The van der Waals surface area contributed by atoms with Crippen molar-refractivity contribution in [2.75, 3.05) is 32.9 Å². The van der Waals surface area contributed by atoms with Gasteiger partial charge in [-0.15, -0.1) is 0 Å². The predicted octanol–water partition coefficient (Wildman–Crippen LogP) is 11.7. The molecule has 0 aliphatic heterocycles. The molecular weight excluding hydrogens is 570 g/mol. The molecule has 0 spiro atoms. The molecule has 0 aromatic heterocycles. The van der Waals surface area contributed by atoms with Gasteiger partial charge in [-0.05, 0) is 25.7 Å². The number of carbonyl (C=O) groups is 1. The van der Waals surface area contributed by atoms with Gasteiger partial charge in [0.25, 0.3) is 0 Å². The molecule has 5 heteroatoms. The molecule has 0 rings (SSSR count). The summed E-state index contributed by atoms with van der Waals surface area (Å²) in [5.74, 6) is 0.177. The summed E-state index contributed by atoms with van der Waals surface area (Å²) in [6, 6.07) is 0. The monoisotopic (exact) mass is 654 g/mol. The van der Waals surface area contributed by atoms with Crippen molar-refractivity contribution in [3.05, 3.63) is 0 Å². The van der Waals surface area contributed by atoms with Gasteiger partial charge in [0.15, 0.2) is 0 Å². The summed E-state index contributed by atoms with van der Waals surface area (Å²) < 4.78 is 5.81. The van der Waals surface area contributed by atoms with Crippen LogP contribution in [0.1, 0.15) is 219 Å². The normalized spacial score (nSPS) is 12.2. The van der Waals surface area contributed by atoms with Crippen LogP contribution >= 0.6 is 0 Å². The second kappa shape index (κ2) is 38.8. The lowest BCUT2D eigenvalue weighted by atomic mass is 10.0. The first-order valence-electron chi connectivity index (χ1n) is 20.8.